The summed E-state index contributed by atoms with van der Waals surface area (Å²) in [5.74, 6) is 0.824. The lowest BCUT2D eigenvalue weighted by Gasteiger charge is -2.28. The van der Waals surface area contributed by atoms with Crippen LogP contribution >= 0.6 is 27.5 Å². The largest absolute Gasteiger partial charge is 0.378 e. The van der Waals surface area contributed by atoms with Crippen LogP contribution in [0.5, 0.6) is 0 Å². The number of rotatable bonds is 2. The molecule has 1 fully saturated rings. The molecule has 0 radical (unpaired) electrons. The Labute approximate surface area is 156 Å². The third-order valence-corrected chi connectivity index (χ3v) is 5.05. The van der Waals surface area contributed by atoms with Crippen LogP contribution in [0, 0.1) is 0 Å². The second-order valence-electron chi connectivity index (χ2n) is 5.40. The molecule has 25 heavy (non-hydrogen) atoms. The summed E-state index contributed by atoms with van der Waals surface area (Å²) in [6, 6.07) is 1.79. The zero-order valence-corrected chi connectivity index (χ0v) is 15.3. The molecule has 0 saturated carbocycles. The van der Waals surface area contributed by atoms with E-state index < -0.39 is 0 Å². The lowest BCUT2D eigenvalue weighted by molar-refractivity contribution is 0.122. The van der Waals surface area contributed by atoms with Crippen molar-refractivity contribution in [2.75, 3.05) is 36.9 Å². The van der Waals surface area contributed by atoms with Gasteiger partial charge >= 0.3 is 0 Å². The lowest BCUT2D eigenvalue weighted by atomic mass is 10.2. The maximum Gasteiger partial charge on any atom is 0.224 e. The van der Waals surface area contributed by atoms with Crippen LogP contribution in [0.1, 0.15) is 0 Å². The molecule has 0 aliphatic carbocycles. The van der Waals surface area contributed by atoms with Gasteiger partial charge in [0.05, 0.1) is 30.1 Å². The van der Waals surface area contributed by atoms with E-state index in [1.54, 1.807) is 18.5 Å². The van der Waals surface area contributed by atoms with Gasteiger partial charge in [0.1, 0.15) is 4.60 Å². The summed E-state index contributed by atoms with van der Waals surface area (Å²) in [4.78, 5) is 23.8. The molecular weight excluding hydrogens is 410 g/mol. The Bertz CT molecular complexity index is 949. The van der Waals surface area contributed by atoms with Crippen LogP contribution in [-0.2, 0) is 4.74 Å². The number of halogens is 2. The minimum absolute atomic E-state index is 0.167. The number of pyridine rings is 1. The zero-order valence-electron chi connectivity index (χ0n) is 13.0. The summed E-state index contributed by atoms with van der Waals surface area (Å²) in [6.45, 7) is 2.67. The number of hydrogen-bond donors (Lipinski definition) is 1. The highest BCUT2D eigenvalue weighted by Gasteiger charge is 2.20. The van der Waals surface area contributed by atoms with Crippen LogP contribution in [0.15, 0.2) is 23.1 Å². The summed E-state index contributed by atoms with van der Waals surface area (Å²) in [6.07, 6.45) is 3.27. The molecule has 4 heterocycles. The van der Waals surface area contributed by atoms with Gasteiger partial charge in [0.15, 0.2) is 17.0 Å². The highest BCUT2D eigenvalue weighted by atomic mass is 79.9. The van der Waals surface area contributed by atoms with E-state index in [1.807, 2.05) is 0 Å². The van der Waals surface area contributed by atoms with Crippen molar-refractivity contribution >= 4 is 50.5 Å². The molecule has 1 saturated heterocycles. The maximum absolute atomic E-state index is 6.34. The van der Waals surface area contributed by atoms with Crippen molar-refractivity contribution in [2.45, 2.75) is 0 Å². The van der Waals surface area contributed by atoms with Gasteiger partial charge in [0.2, 0.25) is 5.95 Å². The summed E-state index contributed by atoms with van der Waals surface area (Å²) in [5, 5.41) is 0.473. The Morgan fingerprint density at radius 3 is 2.76 bits per heavy atom. The molecule has 4 rings (SSSR count). The topological polar surface area (TPSA) is 103 Å². The minimum Gasteiger partial charge on any atom is -0.378 e. The van der Waals surface area contributed by atoms with E-state index in [2.05, 4.69) is 40.8 Å². The molecule has 2 N–H and O–H groups in total. The van der Waals surface area contributed by atoms with Gasteiger partial charge in [-0.3, -0.25) is 0 Å². The Morgan fingerprint density at radius 2 is 1.96 bits per heavy atom. The van der Waals surface area contributed by atoms with E-state index in [4.69, 9.17) is 27.1 Å². The summed E-state index contributed by atoms with van der Waals surface area (Å²) < 4.78 is 5.95. The second kappa shape index (κ2) is 6.66. The Hall–Kier alpha value is -2.10. The standard InChI is InChI=1S/C15H13BrClN7O/c16-12-10(17)8(1-2-19-12)9-7-20-13-11(21-9)14(23-15(18)22-13)24-3-5-25-6-4-24/h1-2,7H,3-6H2,(H2,18,20,22,23). The fourth-order valence-corrected chi connectivity index (χ4v) is 3.19. The average Bonchev–Trinajstić information content (AvgIpc) is 2.64. The van der Waals surface area contributed by atoms with Gasteiger partial charge in [-0.15, -0.1) is 0 Å². The number of nitrogens with two attached hydrogens (primary N) is 1. The van der Waals surface area contributed by atoms with E-state index >= 15 is 0 Å². The van der Waals surface area contributed by atoms with Crippen molar-refractivity contribution in [3.8, 4) is 11.3 Å². The molecule has 0 atom stereocenters. The third-order valence-electron chi connectivity index (χ3n) is 3.84. The minimum atomic E-state index is 0.167. The van der Waals surface area contributed by atoms with E-state index in [-0.39, 0.29) is 5.95 Å². The first-order chi connectivity index (χ1) is 12.1. The van der Waals surface area contributed by atoms with E-state index in [0.29, 0.717) is 58.6 Å². The van der Waals surface area contributed by atoms with Crippen LogP contribution in [-0.4, -0.2) is 51.2 Å². The van der Waals surface area contributed by atoms with Crippen molar-refractivity contribution in [2.24, 2.45) is 0 Å². The number of nitrogens with zero attached hydrogens (tertiary/aromatic N) is 6. The Morgan fingerprint density at radius 1 is 1.16 bits per heavy atom. The SMILES string of the molecule is Nc1nc(N2CCOCC2)c2nc(-c3ccnc(Br)c3Cl)cnc2n1. The fourth-order valence-electron chi connectivity index (χ4n) is 2.65. The predicted molar refractivity (Wildman–Crippen MR) is 98.5 cm³/mol. The van der Waals surface area contributed by atoms with Gasteiger partial charge in [-0.25, -0.2) is 15.0 Å². The molecule has 1 aliphatic rings. The van der Waals surface area contributed by atoms with E-state index in [1.165, 1.54) is 0 Å². The molecule has 0 amide bonds. The summed E-state index contributed by atoms with van der Waals surface area (Å²) in [5.41, 5.74) is 8.21. The van der Waals surface area contributed by atoms with Crippen LogP contribution in [0.3, 0.4) is 0 Å². The van der Waals surface area contributed by atoms with Gasteiger partial charge < -0.3 is 15.4 Å². The van der Waals surface area contributed by atoms with Crippen molar-refractivity contribution in [1.82, 2.24) is 24.9 Å². The fraction of sp³-hybridized carbons (Fsp3) is 0.267. The first kappa shape index (κ1) is 16.4. The monoisotopic (exact) mass is 421 g/mol. The average molecular weight is 423 g/mol. The number of hydrogen-bond acceptors (Lipinski definition) is 8. The predicted octanol–water partition coefficient (Wildman–Crippen LogP) is 2.32. The quantitative estimate of drug-likeness (QED) is 0.628. The summed E-state index contributed by atoms with van der Waals surface area (Å²) in [7, 11) is 0. The van der Waals surface area contributed by atoms with Crippen LogP contribution in [0.25, 0.3) is 22.4 Å². The van der Waals surface area contributed by atoms with Gasteiger partial charge in [-0.1, -0.05) is 11.6 Å². The molecule has 0 unspecified atom stereocenters. The first-order valence-corrected chi connectivity index (χ1v) is 8.74. The third kappa shape index (κ3) is 3.10. The highest BCUT2D eigenvalue weighted by Crippen LogP contribution is 2.32. The molecule has 3 aromatic rings. The maximum atomic E-state index is 6.34. The van der Waals surface area contributed by atoms with Crippen molar-refractivity contribution in [3.63, 3.8) is 0 Å². The second-order valence-corrected chi connectivity index (χ2v) is 6.52. The molecule has 1 aliphatic heterocycles. The van der Waals surface area contributed by atoms with Crippen molar-refractivity contribution in [3.05, 3.63) is 28.1 Å². The lowest BCUT2D eigenvalue weighted by Crippen LogP contribution is -2.37. The molecular formula is C15H13BrClN7O. The molecule has 10 heteroatoms. The number of ether oxygens (including phenoxy) is 1. The highest BCUT2D eigenvalue weighted by molar-refractivity contribution is 9.10. The zero-order chi connectivity index (χ0) is 17.4. The number of aromatic nitrogens is 5. The Kier molecular flexibility index (Phi) is 4.36. The van der Waals surface area contributed by atoms with Crippen LogP contribution < -0.4 is 10.6 Å². The number of fused-ring (bicyclic) bond motifs is 1. The molecule has 8 nitrogen and oxygen atoms in total. The van der Waals surface area contributed by atoms with Crippen LogP contribution in [0.4, 0.5) is 11.8 Å². The van der Waals surface area contributed by atoms with Gasteiger partial charge in [0, 0.05) is 24.8 Å². The van der Waals surface area contributed by atoms with Crippen molar-refractivity contribution < 1.29 is 4.74 Å². The molecule has 0 aromatic carbocycles. The first-order valence-electron chi connectivity index (χ1n) is 7.57. The number of morpholine rings is 1. The molecule has 0 bridgehead atoms. The van der Waals surface area contributed by atoms with Gasteiger partial charge in [-0.2, -0.15) is 9.97 Å². The normalized spacial score (nSPS) is 14.9. The van der Waals surface area contributed by atoms with Crippen LogP contribution in [0.2, 0.25) is 5.02 Å². The molecule has 128 valence electrons. The molecule has 0 spiro atoms. The smallest absolute Gasteiger partial charge is 0.224 e. The Balaban J connectivity index is 1.89. The summed E-state index contributed by atoms with van der Waals surface area (Å²) >= 11 is 9.66. The molecule has 3 aromatic heterocycles. The van der Waals surface area contributed by atoms with Crippen molar-refractivity contribution in [1.29, 1.82) is 0 Å². The number of anilines is 2. The number of nitrogen functional groups attached to an aromatic ring is 1. The van der Waals surface area contributed by atoms with Gasteiger partial charge in [-0.05, 0) is 22.0 Å². The van der Waals surface area contributed by atoms with E-state index in [9.17, 15) is 0 Å². The van der Waals surface area contributed by atoms with E-state index in [0.717, 1.165) is 5.56 Å². The van der Waals surface area contributed by atoms with Gasteiger partial charge in [0.25, 0.3) is 0 Å².